The van der Waals surface area contributed by atoms with Gasteiger partial charge in [-0.1, -0.05) is 177 Å². The van der Waals surface area contributed by atoms with Crippen LogP contribution in [-0.2, 0) is 0 Å². The van der Waals surface area contributed by atoms with Gasteiger partial charge in [-0.25, -0.2) is 0 Å². The summed E-state index contributed by atoms with van der Waals surface area (Å²) in [7, 11) is -3.12. The van der Waals surface area contributed by atoms with Gasteiger partial charge in [0.2, 0.25) is 0 Å². The highest BCUT2D eigenvalue weighted by Gasteiger charge is 2.37. The van der Waals surface area contributed by atoms with E-state index in [0.717, 1.165) is 16.6 Å². The van der Waals surface area contributed by atoms with Crippen molar-refractivity contribution in [2.75, 3.05) is 0 Å². The second kappa shape index (κ2) is 16.5. The Balaban J connectivity index is -0.000000169. The fraction of sp³-hybridized carbons (Fsp3) is 1.00. The van der Waals surface area contributed by atoms with Gasteiger partial charge in [-0.15, -0.1) is 0 Å². The Kier molecular flexibility index (Phi) is 20.7. The summed E-state index contributed by atoms with van der Waals surface area (Å²) in [4.78, 5) is 0. The Labute approximate surface area is 213 Å². The largest absolute Gasteiger partial charge is 0.0697 e. The van der Waals surface area contributed by atoms with Gasteiger partial charge in [-0.05, 0) is 5.04 Å². The monoisotopic (exact) mass is 520 g/mol. The summed E-state index contributed by atoms with van der Waals surface area (Å²) in [5, 5.41) is 0.576. The average Bonchev–Trinajstić information content (AvgIpc) is 2.57. The predicted octanol–water partition coefficient (Wildman–Crippen LogP) is 12.5. The van der Waals surface area contributed by atoms with E-state index in [9.17, 15) is 0 Å². The molecule has 32 heavy (non-hydrogen) atoms. The quantitative estimate of drug-likeness (QED) is 0.305. The average molecular weight is 521 g/mol. The van der Waals surface area contributed by atoms with Crippen LogP contribution in [-0.4, -0.2) is 32.3 Å². The maximum atomic E-state index is 2.55. The molecule has 0 aromatic rings. The molecule has 0 amide bonds. The van der Waals surface area contributed by atoms with Gasteiger partial charge in [0.25, 0.3) is 0 Å². The fourth-order valence-electron chi connectivity index (χ4n) is 2.75. The van der Waals surface area contributed by atoms with E-state index in [0.29, 0.717) is 5.04 Å². The SMILES string of the molecule is CC(C)(C)[Si](C)(C)C.CC(C)[Si](C)(C(C)C)C(C)C.CC[Si](C)(CC)CC.C[Si](C)(C)C. The molecule has 200 valence electrons. The summed E-state index contributed by atoms with van der Waals surface area (Å²) in [6.45, 7) is 49.9. The Morgan fingerprint density at radius 2 is 0.656 bits per heavy atom. The Hall–Kier alpha value is 0.868. The van der Waals surface area contributed by atoms with E-state index in [2.05, 4.69) is 142 Å². The van der Waals surface area contributed by atoms with Crippen LogP contribution in [0, 0.1) is 0 Å². The Bertz CT molecular complexity index is 380. The van der Waals surface area contributed by atoms with Crippen LogP contribution < -0.4 is 0 Å². The summed E-state index contributed by atoms with van der Waals surface area (Å²) >= 11 is 0. The van der Waals surface area contributed by atoms with Crippen molar-refractivity contribution in [3.8, 4) is 0 Å². The van der Waals surface area contributed by atoms with Crippen molar-refractivity contribution in [3.63, 3.8) is 0 Å². The van der Waals surface area contributed by atoms with Crippen LogP contribution in [0.25, 0.3) is 0 Å². The third-order valence-corrected chi connectivity index (χ3v) is 25.6. The minimum atomic E-state index is -0.981. The zero-order chi connectivity index (χ0) is 27.4. The summed E-state index contributed by atoms with van der Waals surface area (Å²) in [6, 6.07) is 4.38. The molecule has 0 aliphatic heterocycles. The standard InChI is InChI=1S/C10H24Si.2C7H18Si.C4H12Si/c1-8(2)11(7,9(3)4)10(5)6;1-7(2,3)8(4,5)6;1-5-8(4,6-2)7-3;1-5(2,3)4/h8-10H,1-7H3;1-6H3;5-7H2,1-4H3;1-4H3. The molecule has 0 spiro atoms. The number of hydrogen-bond donors (Lipinski definition) is 0. The van der Waals surface area contributed by atoms with E-state index in [1.165, 1.54) is 18.1 Å². The maximum Gasteiger partial charge on any atom is 0.0581 e. The lowest BCUT2D eigenvalue weighted by Crippen LogP contribution is -2.40. The normalized spacial score (nSPS) is 13.1. The van der Waals surface area contributed by atoms with E-state index in [-0.39, 0.29) is 0 Å². The van der Waals surface area contributed by atoms with Crippen LogP contribution in [0.15, 0.2) is 0 Å². The Morgan fingerprint density at radius 3 is 0.656 bits per heavy atom. The lowest BCUT2D eigenvalue weighted by molar-refractivity contribution is 0.724. The molecule has 0 unspecified atom stereocenters. The molecule has 0 atom stereocenters. The molecule has 0 bridgehead atoms. The Morgan fingerprint density at radius 1 is 0.500 bits per heavy atom. The third-order valence-electron chi connectivity index (χ3n) is 8.54. The molecule has 0 aliphatic carbocycles. The zero-order valence-electron chi connectivity index (χ0n) is 27.4. The van der Waals surface area contributed by atoms with Gasteiger partial charge in [-0.2, -0.15) is 0 Å². The highest BCUT2D eigenvalue weighted by atomic mass is 28.3. The van der Waals surface area contributed by atoms with Gasteiger partial charge in [0.1, 0.15) is 0 Å². The molecular weight excluding hydrogens is 449 g/mol. The van der Waals surface area contributed by atoms with Crippen molar-refractivity contribution in [1.82, 2.24) is 0 Å². The molecule has 0 aromatic carbocycles. The first-order chi connectivity index (χ1) is 13.8. The van der Waals surface area contributed by atoms with Crippen LogP contribution in [0.2, 0.25) is 98.7 Å². The number of rotatable bonds is 6. The van der Waals surface area contributed by atoms with E-state index in [4.69, 9.17) is 0 Å². The summed E-state index contributed by atoms with van der Waals surface area (Å²) in [5.41, 5.74) is 2.76. The molecule has 4 heteroatoms. The van der Waals surface area contributed by atoms with Crippen LogP contribution in [0.1, 0.15) is 83.1 Å². The fourth-order valence-corrected chi connectivity index (χ4v) is 8.25. The number of hydrogen-bond acceptors (Lipinski definition) is 0. The lowest BCUT2D eigenvalue weighted by Gasteiger charge is -2.39. The summed E-state index contributed by atoms with van der Waals surface area (Å²) < 4.78 is 0. The van der Waals surface area contributed by atoms with Crippen LogP contribution in [0.5, 0.6) is 0 Å². The van der Waals surface area contributed by atoms with Crippen LogP contribution in [0.4, 0.5) is 0 Å². The molecule has 0 aromatic heterocycles. The van der Waals surface area contributed by atoms with E-state index in [1.807, 2.05) is 0 Å². The predicted molar refractivity (Wildman–Crippen MR) is 172 cm³/mol. The van der Waals surface area contributed by atoms with Crippen molar-refractivity contribution >= 4 is 32.3 Å². The molecule has 0 nitrogen and oxygen atoms in total. The summed E-state index contributed by atoms with van der Waals surface area (Å²) in [5.74, 6) is 0. The third kappa shape index (κ3) is 20.3. The van der Waals surface area contributed by atoms with Gasteiger partial charge < -0.3 is 0 Å². The summed E-state index contributed by atoms with van der Waals surface area (Å²) in [6.07, 6.45) is 0. The minimum absolute atomic E-state index is 0.576. The topological polar surface area (TPSA) is 0 Å². The second-order valence-electron chi connectivity index (χ2n) is 15.2. The van der Waals surface area contributed by atoms with Crippen molar-refractivity contribution in [2.24, 2.45) is 0 Å². The van der Waals surface area contributed by atoms with Gasteiger partial charge in [0.05, 0.1) is 8.07 Å². The first kappa shape index (κ1) is 40.1. The molecule has 0 aliphatic rings. The van der Waals surface area contributed by atoms with Gasteiger partial charge >= 0.3 is 0 Å². The molecule has 0 saturated carbocycles. The van der Waals surface area contributed by atoms with Gasteiger partial charge in [0, 0.05) is 24.2 Å². The van der Waals surface area contributed by atoms with Crippen LogP contribution >= 0.6 is 0 Å². The van der Waals surface area contributed by atoms with Gasteiger partial charge in [-0.3, -0.25) is 0 Å². The first-order valence-electron chi connectivity index (χ1n) is 13.8. The van der Waals surface area contributed by atoms with E-state index >= 15 is 0 Å². The van der Waals surface area contributed by atoms with Crippen LogP contribution in [0.3, 0.4) is 0 Å². The molecule has 0 radical (unpaired) electrons. The zero-order valence-corrected chi connectivity index (χ0v) is 31.4. The van der Waals surface area contributed by atoms with Crippen molar-refractivity contribution in [3.05, 3.63) is 0 Å². The molecule has 0 saturated heterocycles. The highest BCUT2D eigenvalue weighted by Crippen LogP contribution is 2.40. The molecule has 0 rings (SSSR count). The lowest BCUT2D eigenvalue weighted by atomic mass is 10.2. The first-order valence-corrected chi connectivity index (χ1v) is 27.1. The molecule has 0 N–H and O–H groups in total. The molecule has 0 heterocycles. The maximum absolute atomic E-state index is 2.55. The highest BCUT2D eigenvalue weighted by molar-refractivity contribution is 6.82. The second-order valence-corrected chi connectivity index (χ2v) is 39.1. The molecule has 0 fully saturated rings. The van der Waals surface area contributed by atoms with Crippen molar-refractivity contribution in [1.29, 1.82) is 0 Å². The molecular formula is C28H72Si4. The minimum Gasteiger partial charge on any atom is -0.0697 e. The van der Waals surface area contributed by atoms with E-state index < -0.39 is 32.3 Å². The van der Waals surface area contributed by atoms with Crippen molar-refractivity contribution < 1.29 is 0 Å². The van der Waals surface area contributed by atoms with Crippen molar-refractivity contribution in [2.45, 2.75) is 182 Å². The smallest absolute Gasteiger partial charge is 0.0581 e. The van der Waals surface area contributed by atoms with E-state index in [1.54, 1.807) is 0 Å². The van der Waals surface area contributed by atoms with Gasteiger partial charge in [0.15, 0.2) is 0 Å².